The number of nitrogens with zero attached hydrogens (tertiary/aromatic N) is 1. The third-order valence-corrected chi connectivity index (χ3v) is 2.46. The fourth-order valence-electron chi connectivity index (χ4n) is 1.52. The number of anilines is 1. The van der Waals surface area contributed by atoms with E-state index in [0.29, 0.717) is 5.82 Å². The summed E-state index contributed by atoms with van der Waals surface area (Å²) in [6, 6.07) is 9.53. The molecule has 0 saturated carbocycles. The molecule has 0 aliphatic heterocycles. The zero-order valence-electron chi connectivity index (χ0n) is 10.4. The number of hydrogen-bond donors (Lipinski definition) is 1. The van der Waals surface area contributed by atoms with Crippen LogP contribution < -0.4 is 5.32 Å². The summed E-state index contributed by atoms with van der Waals surface area (Å²) >= 11 is 0. The first-order valence-corrected chi connectivity index (χ1v) is 5.81. The van der Waals surface area contributed by atoms with Gasteiger partial charge in [0.1, 0.15) is 11.6 Å². The molecule has 0 atom stereocenters. The Hall–Kier alpha value is -2.49. The van der Waals surface area contributed by atoms with Gasteiger partial charge in [-0.15, -0.1) is 0 Å². The smallest absolute Gasteiger partial charge is 0.249 e. The van der Waals surface area contributed by atoms with Gasteiger partial charge >= 0.3 is 0 Å². The Labute approximate surface area is 110 Å². The van der Waals surface area contributed by atoms with Crippen molar-refractivity contribution in [3.05, 3.63) is 65.6 Å². The van der Waals surface area contributed by atoms with Crippen molar-refractivity contribution in [3.63, 3.8) is 0 Å². The lowest BCUT2D eigenvalue weighted by molar-refractivity contribution is -0.111. The molecular weight excluding hydrogens is 243 g/mol. The Bertz CT molecular complexity index is 606. The number of rotatable bonds is 3. The van der Waals surface area contributed by atoms with Crippen LogP contribution in [0.1, 0.15) is 11.1 Å². The van der Waals surface area contributed by atoms with Gasteiger partial charge in [-0.3, -0.25) is 4.79 Å². The van der Waals surface area contributed by atoms with Crippen molar-refractivity contribution in [2.75, 3.05) is 5.32 Å². The summed E-state index contributed by atoms with van der Waals surface area (Å²) in [5.41, 5.74) is 1.78. The Kier molecular flexibility index (Phi) is 4.03. The summed E-state index contributed by atoms with van der Waals surface area (Å²) in [5.74, 6) is -0.0678. The lowest BCUT2D eigenvalue weighted by atomic mass is 10.2. The monoisotopic (exact) mass is 256 g/mol. The van der Waals surface area contributed by atoms with E-state index in [-0.39, 0.29) is 11.7 Å². The molecule has 0 bridgehead atoms. The van der Waals surface area contributed by atoms with Crippen molar-refractivity contribution in [1.82, 2.24) is 4.98 Å². The van der Waals surface area contributed by atoms with Crippen LogP contribution in [0.4, 0.5) is 10.2 Å². The second-order valence-electron chi connectivity index (χ2n) is 4.09. The van der Waals surface area contributed by atoms with Crippen molar-refractivity contribution in [2.45, 2.75) is 6.92 Å². The molecule has 0 aliphatic rings. The minimum Gasteiger partial charge on any atom is -0.307 e. The van der Waals surface area contributed by atoms with Gasteiger partial charge in [-0.1, -0.05) is 12.1 Å². The first-order valence-electron chi connectivity index (χ1n) is 5.81. The molecule has 19 heavy (non-hydrogen) atoms. The zero-order chi connectivity index (χ0) is 13.7. The molecule has 0 fully saturated rings. The van der Waals surface area contributed by atoms with Gasteiger partial charge in [0.15, 0.2) is 0 Å². The second kappa shape index (κ2) is 5.91. The molecule has 0 saturated heterocycles. The number of carbonyl (C=O) groups excluding carboxylic acids is 1. The molecular formula is C15H13FN2O. The van der Waals surface area contributed by atoms with E-state index in [4.69, 9.17) is 0 Å². The standard InChI is InChI=1S/C15H13FN2O/c1-11-8-9-17-14(10-11)18-15(19)7-4-12-2-5-13(16)6-3-12/h2-10H,1H3,(H,17,18,19). The van der Waals surface area contributed by atoms with Crippen LogP contribution in [-0.4, -0.2) is 10.9 Å². The van der Waals surface area contributed by atoms with Gasteiger partial charge in [0.05, 0.1) is 0 Å². The topological polar surface area (TPSA) is 42.0 Å². The average Bonchev–Trinajstić information content (AvgIpc) is 2.38. The fourth-order valence-corrected chi connectivity index (χ4v) is 1.52. The zero-order valence-corrected chi connectivity index (χ0v) is 10.4. The molecule has 1 aromatic carbocycles. The molecule has 1 amide bonds. The van der Waals surface area contributed by atoms with Crippen LogP contribution >= 0.6 is 0 Å². The van der Waals surface area contributed by atoms with Crippen molar-refractivity contribution in [3.8, 4) is 0 Å². The number of aromatic nitrogens is 1. The van der Waals surface area contributed by atoms with Crippen molar-refractivity contribution >= 4 is 17.8 Å². The van der Waals surface area contributed by atoms with Gasteiger partial charge in [-0.25, -0.2) is 9.37 Å². The van der Waals surface area contributed by atoms with Crippen LogP contribution in [0.25, 0.3) is 6.08 Å². The normalized spacial score (nSPS) is 10.6. The van der Waals surface area contributed by atoms with E-state index in [2.05, 4.69) is 10.3 Å². The number of benzene rings is 1. The third kappa shape index (κ3) is 4.03. The lowest BCUT2D eigenvalue weighted by Crippen LogP contribution is -2.09. The van der Waals surface area contributed by atoms with Crippen LogP contribution in [0.3, 0.4) is 0 Å². The van der Waals surface area contributed by atoms with E-state index in [1.807, 2.05) is 13.0 Å². The molecule has 96 valence electrons. The van der Waals surface area contributed by atoms with Crippen molar-refractivity contribution in [1.29, 1.82) is 0 Å². The quantitative estimate of drug-likeness (QED) is 0.857. The molecule has 1 aromatic heterocycles. The molecule has 2 aromatic rings. The minimum atomic E-state index is -0.300. The molecule has 0 radical (unpaired) electrons. The van der Waals surface area contributed by atoms with Crippen LogP contribution in [0.5, 0.6) is 0 Å². The minimum absolute atomic E-state index is 0.276. The maximum atomic E-state index is 12.7. The van der Waals surface area contributed by atoms with E-state index < -0.39 is 0 Å². The number of halogens is 1. The van der Waals surface area contributed by atoms with Crippen molar-refractivity contribution in [2.24, 2.45) is 0 Å². The Balaban J connectivity index is 1.99. The Morgan fingerprint density at radius 3 is 2.68 bits per heavy atom. The summed E-state index contributed by atoms with van der Waals surface area (Å²) in [5, 5.41) is 2.65. The molecule has 0 aliphatic carbocycles. The molecule has 2 rings (SSSR count). The van der Waals surface area contributed by atoms with Crippen LogP contribution in [0.15, 0.2) is 48.7 Å². The van der Waals surface area contributed by atoms with Gasteiger partial charge < -0.3 is 5.32 Å². The number of carbonyl (C=O) groups is 1. The summed E-state index contributed by atoms with van der Waals surface area (Å²) in [6.07, 6.45) is 4.64. The number of amides is 1. The van der Waals surface area contributed by atoms with E-state index >= 15 is 0 Å². The van der Waals surface area contributed by atoms with Gasteiger partial charge in [0.25, 0.3) is 0 Å². The molecule has 1 N–H and O–H groups in total. The fraction of sp³-hybridized carbons (Fsp3) is 0.0667. The highest BCUT2D eigenvalue weighted by Crippen LogP contribution is 2.07. The van der Waals surface area contributed by atoms with Gasteiger partial charge in [0, 0.05) is 12.3 Å². The Morgan fingerprint density at radius 2 is 2.00 bits per heavy atom. The highest BCUT2D eigenvalue weighted by molar-refractivity contribution is 6.01. The number of nitrogens with one attached hydrogen (secondary N) is 1. The third-order valence-electron chi connectivity index (χ3n) is 2.46. The SMILES string of the molecule is Cc1ccnc(NC(=O)C=Cc2ccc(F)cc2)c1. The van der Waals surface area contributed by atoms with Gasteiger partial charge in [-0.2, -0.15) is 0 Å². The highest BCUT2D eigenvalue weighted by Gasteiger charge is 1.99. The maximum Gasteiger partial charge on any atom is 0.249 e. The van der Waals surface area contributed by atoms with Crippen LogP contribution in [0, 0.1) is 12.7 Å². The summed E-state index contributed by atoms with van der Waals surface area (Å²) in [4.78, 5) is 15.7. The number of hydrogen-bond acceptors (Lipinski definition) is 2. The van der Waals surface area contributed by atoms with E-state index in [9.17, 15) is 9.18 Å². The average molecular weight is 256 g/mol. The highest BCUT2D eigenvalue weighted by atomic mass is 19.1. The second-order valence-corrected chi connectivity index (χ2v) is 4.09. The van der Waals surface area contributed by atoms with Crippen LogP contribution in [0.2, 0.25) is 0 Å². The summed E-state index contributed by atoms with van der Waals surface area (Å²) in [6.45, 7) is 1.92. The lowest BCUT2D eigenvalue weighted by Gasteiger charge is -2.01. The molecule has 1 heterocycles. The maximum absolute atomic E-state index is 12.7. The molecule has 3 nitrogen and oxygen atoms in total. The predicted octanol–water partition coefficient (Wildman–Crippen LogP) is 3.18. The van der Waals surface area contributed by atoms with E-state index in [1.54, 1.807) is 30.5 Å². The first-order chi connectivity index (χ1) is 9.13. The molecule has 0 spiro atoms. The Morgan fingerprint density at radius 1 is 1.26 bits per heavy atom. The first kappa shape index (κ1) is 13.0. The van der Waals surface area contributed by atoms with E-state index in [0.717, 1.165) is 11.1 Å². The van der Waals surface area contributed by atoms with E-state index in [1.165, 1.54) is 18.2 Å². The summed E-state index contributed by atoms with van der Waals surface area (Å²) < 4.78 is 12.7. The number of aryl methyl sites for hydroxylation is 1. The van der Waals surface area contributed by atoms with Gasteiger partial charge in [0.2, 0.25) is 5.91 Å². The largest absolute Gasteiger partial charge is 0.307 e. The molecule has 0 unspecified atom stereocenters. The number of pyridine rings is 1. The molecule has 4 heteroatoms. The van der Waals surface area contributed by atoms with Crippen LogP contribution in [-0.2, 0) is 4.79 Å². The van der Waals surface area contributed by atoms with Crippen molar-refractivity contribution < 1.29 is 9.18 Å². The van der Waals surface area contributed by atoms with Gasteiger partial charge in [-0.05, 0) is 48.4 Å². The summed E-state index contributed by atoms with van der Waals surface area (Å²) in [7, 11) is 0. The predicted molar refractivity (Wildman–Crippen MR) is 73.0 cm³/mol.